The Balaban J connectivity index is 2.45. The van der Waals surface area contributed by atoms with Gasteiger partial charge in [0.1, 0.15) is 5.71 Å². The van der Waals surface area contributed by atoms with Crippen molar-refractivity contribution in [2.24, 2.45) is 4.99 Å². The third kappa shape index (κ3) is 1.21. The Bertz CT molecular complexity index is 714. The quantitative estimate of drug-likeness (QED) is 0.730. The molecule has 1 aromatic rings. The van der Waals surface area contributed by atoms with E-state index < -0.39 is 10.0 Å². The van der Waals surface area contributed by atoms with Crippen LogP contribution in [0, 0.1) is 0 Å². The van der Waals surface area contributed by atoms with Gasteiger partial charge >= 0.3 is 0 Å². The number of allylic oxidation sites excluding steroid dienone is 1. The number of Topliss-reactive ketones (excluding diaryl/α,β-unsaturated/α-hetero) is 1. The van der Waals surface area contributed by atoms with Crippen LogP contribution in [0.15, 0.2) is 34.2 Å². The third-order valence-corrected chi connectivity index (χ3v) is 4.24. The van der Waals surface area contributed by atoms with E-state index in [4.69, 9.17) is 0 Å². The van der Waals surface area contributed by atoms with E-state index in [1.165, 1.54) is 19.2 Å². The van der Waals surface area contributed by atoms with Gasteiger partial charge in [0.25, 0.3) is 10.0 Å². The molecule has 0 amide bonds. The summed E-state index contributed by atoms with van der Waals surface area (Å²) in [5.74, 6) is -0.244. The standard InChI is InChI=1S/C11H8N2O3S/c1-12-8-5-7-10-6(11(8)14)3-2-4-9(10)17(15,16)13-7/h2-5,13H,1H3. The maximum atomic E-state index is 12.0. The topological polar surface area (TPSA) is 75.6 Å². The molecule has 0 radical (unpaired) electrons. The van der Waals surface area contributed by atoms with Gasteiger partial charge < -0.3 is 0 Å². The zero-order chi connectivity index (χ0) is 12.2. The summed E-state index contributed by atoms with van der Waals surface area (Å²) in [7, 11) is -2.03. The van der Waals surface area contributed by atoms with Crippen molar-refractivity contribution in [2.75, 3.05) is 7.05 Å². The van der Waals surface area contributed by atoms with Crippen LogP contribution in [0.3, 0.4) is 0 Å². The number of carbonyl (C=O) groups is 1. The average molecular weight is 248 g/mol. The molecule has 86 valence electrons. The molecule has 1 aromatic carbocycles. The fourth-order valence-corrected chi connectivity index (χ4v) is 3.39. The number of nitrogens with one attached hydrogen (secondary N) is 1. The van der Waals surface area contributed by atoms with Gasteiger partial charge in [-0.05, 0) is 12.1 Å². The van der Waals surface area contributed by atoms with Gasteiger partial charge in [-0.25, -0.2) is 8.42 Å². The van der Waals surface area contributed by atoms with Gasteiger partial charge in [0.2, 0.25) is 5.78 Å². The zero-order valence-corrected chi connectivity index (χ0v) is 9.71. The second-order valence-electron chi connectivity index (χ2n) is 3.78. The summed E-state index contributed by atoms with van der Waals surface area (Å²) < 4.78 is 26.0. The van der Waals surface area contributed by atoms with Crippen LogP contribution in [0.1, 0.15) is 15.9 Å². The summed E-state index contributed by atoms with van der Waals surface area (Å²) in [4.78, 5) is 16.0. The Hall–Kier alpha value is -1.95. The second-order valence-corrected chi connectivity index (χ2v) is 5.43. The zero-order valence-electron chi connectivity index (χ0n) is 8.89. The summed E-state index contributed by atoms with van der Waals surface area (Å²) in [5, 5.41) is 0. The first kappa shape index (κ1) is 10.2. The molecule has 2 aliphatic rings. The van der Waals surface area contributed by atoms with Crippen molar-refractivity contribution in [3.8, 4) is 0 Å². The van der Waals surface area contributed by atoms with E-state index in [9.17, 15) is 13.2 Å². The Morgan fingerprint density at radius 1 is 1.29 bits per heavy atom. The van der Waals surface area contributed by atoms with Crippen molar-refractivity contribution >= 4 is 27.2 Å². The lowest BCUT2D eigenvalue weighted by Gasteiger charge is -2.12. The molecule has 0 saturated carbocycles. The van der Waals surface area contributed by atoms with Gasteiger partial charge in [0.05, 0.1) is 10.6 Å². The maximum absolute atomic E-state index is 12.0. The number of sulfonamides is 1. The number of hydrogen-bond acceptors (Lipinski definition) is 4. The molecule has 0 bridgehead atoms. The fraction of sp³-hybridized carbons (Fsp3) is 0.0909. The molecule has 17 heavy (non-hydrogen) atoms. The van der Waals surface area contributed by atoms with Gasteiger partial charge in [-0.2, -0.15) is 0 Å². The normalized spacial score (nSPS) is 22.1. The highest BCUT2D eigenvalue weighted by molar-refractivity contribution is 7.90. The number of benzene rings is 1. The predicted octanol–water partition coefficient (Wildman–Crippen LogP) is 0.587. The Morgan fingerprint density at radius 3 is 2.76 bits per heavy atom. The van der Waals surface area contributed by atoms with Crippen LogP contribution >= 0.6 is 0 Å². The number of hydrogen-bond donors (Lipinski definition) is 1. The lowest BCUT2D eigenvalue weighted by Crippen LogP contribution is -2.21. The minimum atomic E-state index is -3.53. The predicted molar refractivity (Wildman–Crippen MR) is 62.4 cm³/mol. The molecule has 0 spiro atoms. The largest absolute Gasteiger partial charge is 0.287 e. The molecular formula is C11H8N2O3S. The molecular weight excluding hydrogens is 240 g/mol. The summed E-state index contributed by atoms with van der Waals surface area (Å²) in [5.41, 5.74) is 1.53. The van der Waals surface area contributed by atoms with Gasteiger partial charge in [0.15, 0.2) is 0 Å². The molecule has 0 saturated heterocycles. The molecule has 0 aromatic heterocycles. The summed E-state index contributed by atoms with van der Waals surface area (Å²) in [6.07, 6.45) is 1.47. The van der Waals surface area contributed by atoms with Crippen LogP contribution in [0.25, 0.3) is 5.70 Å². The fourth-order valence-electron chi connectivity index (χ4n) is 2.08. The average Bonchev–Trinajstić information content (AvgIpc) is 2.57. The summed E-state index contributed by atoms with van der Waals surface area (Å²) >= 11 is 0. The van der Waals surface area contributed by atoms with Crippen molar-refractivity contribution in [1.29, 1.82) is 0 Å². The van der Waals surface area contributed by atoms with Crippen molar-refractivity contribution in [3.63, 3.8) is 0 Å². The van der Waals surface area contributed by atoms with E-state index in [1.807, 2.05) is 0 Å². The highest BCUT2D eigenvalue weighted by Crippen LogP contribution is 2.35. The minimum absolute atomic E-state index is 0.157. The van der Waals surface area contributed by atoms with Crippen molar-refractivity contribution in [1.82, 2.24) is 4.72 Å². The van der Waals surface area contributed by atoms with Crippen LogP contribution < -0.4 is 4.72 Å². The number of rotatable bonds is 0. The number of nitrogens with zero attached hydrogens (tertiary/aromatic N) is 1. The van der Waals surface area contributed by atoms with E-state index in [1.54, 1.807) is 12.1 Å². The molecule has 1 heterocycles. The van der Waals surface area contributed by atoms with E-state index >= 15 is 0 Å². The highest BCUT2D eigenvalue weighted by atomic mass is 32.2. The summed E-state index contributed by atoms with van der Waals surface area (Å²) in [6, 6.07) is 4.66. The molecule has 3 rings (SSSR count). The van der Waals surface area contributed by atoms with E-state index in [-0.39, 0.29) is 16.4 Å². The van der Waals surface area contributed by atoms with E-state index in [0.29, 0.717) is 16.8 Å². The highest BCUT2D eigenvalue weighted by Gasteiger charge is 2.36. The Labute approximate surface area is 97.9 Å². The molecule has 1 aliphatic heterocycles. The molecule has 5 nitrogen and oxygen atoms in total. The van der Waals surface area contributed by atoms with E-state index in [0.717, 1.165) is 0 Å². The molecule has 6 heteroatoms. The first-order valence-corrected chi connectivity index (χ1v) is 6.42. The Kier molecular flexibility index (Phi) is 1.83. The molecule has 1 aliphatic carbocycles. The first-order valence-electron chi connectivity index (χ1n) is 4.94. The van der Waals surface area contributed by atoms with Crippen LogP contribution in [0.2, 0.25) is 0 Å². The van der Waals surface area contributed by atoms with Crippen LogP contribution in [-0.4, -0.2) is 27.0 Å². The van der Waals surface area contributed by atoms with Crippen molar-refractivity contribution in [2.45, 2.75) is 4.90 Å². The minimum Gasteiger partial charge on any atom is -0.287 e. The van der Waals surface area contributed by atoms with Gasteiger partial charge in [-0.1, -0.05) is 12.1 Å². The number of ketones is 1. The SMILES string of the molecule is CN=C1C=C2NS(=O)(=O)c3cccc(c32)C1=O. The third-order valence-electron chi connectivity index (χ3n) is 2.83. The van der Waals surface area contributed by atoms with Crippen molar-refractivity contribution in [3.05, 3.63) is 35.4 Å². The Morgan fingerprint density at radius 2 is 2.06 bits per heavy atom. The second kappa shape index (κ2) is 3.04. The van der Waals surface area contributed by atoms with Gasteiger partial charge in [-0.15, -0.1) is 0 Å². The molecule has 0 fully saturated rings. The monoisotopic (exact) mass is 248 g/mol. The lowest BCUT2D eigenvalue weighted by atomic mass is 9.92. The number of carbonyl (C=O) groups excluding carboxylic acids is 1. The van der Waals surface area contributed by atoms with Crippen LogP contribution in [-0.2, 0) is 10.0 Å². The number of aliphatic imine (C=N–C) groups is 1. The molecule has 0 atom stereocenters. The molecule has 0 unspecified atom stereocenters. The van der Waals surface area contributed by atoms with Crippen LogP contribution in [0.5, 0.6) is 0 Å². The molecule has 1 N–H and O–H groups in total. The first-order chi connectivity index (χ1) is 8.04. The lowest BCUT2D eigenvalue weighted by molar-refractivity contribution is 0.106. The summed E-state index contributed by atoms with van der Waals surface area (Å²) in [6.45, 7) is 0. The van der Waals surface area contributed by atoms with Crippen LogP contribution in [0.4, 0.5) is 0 Å². The van der Waals surface area contributed by atoms with Gasteiger partial charge in [-0.3, -0.25) is 14.5 Å². The van der Waals surface area contributed by atoms with Gasteiger partial charge in [0, 0.05) is 18.2 Å². The van der Waals surface area contributed by atoms with Crippen molar-refractivity contribution < 1.29 is 13.2 Å². The smallest absolute Gasteiger partial charge is 0.262 e. The van der Waals surface area contributed by atoms with E-state index in [2.05, 4.69) is 9.71 Å². The maximum Gasteiger partial charge on any atom is 0.262 e.